The Morgan fingerprint density at radius 1 is 0.882 bits per heavy atom. The Hall–Kier alpha value is -3.45. The van der Waals surface area contributed by atoms with Crippen molar-refractivity contribution < 1.29 is 22.3 Å². The summed E-state index contributed by atoms with van der Waals surface area (Å²) in [4.78, 5) is 4.72. The van der Waals surface area contributed by atoms with Gasteiger partial charge in [0.2, 0.25) is 0 Å². The summed E-state index contributed by atoms with van der Waals surface area (Å²) in [5.74, 6) is 0.686. The van der Waals surface area contributed by atoms with Crippen LogP contribution in [0.2, 0.25) is 0 Å². The standard InChI is InChI=1S/C27H25F3N2O2/c1-33-24-12-11-19(18-31-13-15-32(16-14-31)20-7-3-2-4-8-20)22-17-25(34-26(22)24)21-9-5-6-10-23(21)27(28,29)30/h2-12,17H,13-16,18H2,1H3. The number of ether oxygens (including phenoxy) is 1. The van der Waals surface area contributed by atoms with Gasteiger partial charge in [-0.05, 0) is 35.9 Å². The molecule has 0 spiro atoms. The number of rotatable bonds is 5. The fourth-order valence-corrected chi connectivity index (χ4v) is 4.57. The third-order valence-corrected chi connectivity index (χ3v) is 6.34. The molecule has 3 aromatic carbocycles. The van der Waals surface area contributed by atoms with Gasteiger partial charge in [-0.2, -0.15) is 13.2 Å². The lowest BCUT2D eigenvalue weighted by Gasteiger charge is -2.36. The Kier molecular flexibility index (Phi) is 5.96. The first kappa shape index (κ1) is 22.3. The van der Waals surface area contributed by atoms with Crippen LogP contribution in [0, 0.1) is 0 Å². The molecule has 1 saturated heterocycles. The van der Waals surface area contributed by atoms with Crippen LogP contribution in [-0.2, 0) is 12.7 Å². The smallest absolute Gasteiger partial charge is 0.417 e. The molecule has 2 heterocycles. The SMILES string of the molecule is COc1ccc(CN2CCN(c3ccccc3)CC2)c2cc(-c3ccccc3C(F)(F)F)oc12. The lowest BCUT2D eigenvalue weighted by Crippen LogP contribution is -2.45. The lowest BCUT2D eigenvalue weighted by atomic mass is 10.0. The van der Waals surface area contributed by atoms with E-state index in [9.17, 15) is 13.2 Å². The number of hydrogen-bond donors (Lipinski definition) is 0. The normalized spacial score (nSPS) is 15.1. The molecule has 0 N–H and O–H groups in total. The Morgan fingerprint density at radius 2 is 1.59 bits per heavy atom. The zero-order valence-corrected chi connectivity index (χ0v) is 18.8. The van der Waals surface area contributed by atoms with Crippen molar-refractivity contribution in [2.75, 3.05) is 38.2 Å². The number of anilines is 1. The minimum atomic E-state index is -4.47. The van der Waals surface area contributed by atoms with Crippen molar-refractivity contribution in [3.05, 3.63) is 83.9 Å². The number of halogens is 3. The highest BCUT2D eigenvalue weighted by Gasteiger charge is 2.34. The van der Waals surface area contributed by atoms with Gasteiger partial charge < -0.3 is 14.1 Å². The molecule has 34 heavy (non-hydrogen) atoms. The second kappa shape index (κ2) is 9.06. The van der Waals surface area contributed by atoms with Crippen LogP contribution < -0.4 is 9.64 Å². The third-order valence-electron chi connectivity index (χ3n) is 6.34. The van der Waals surface area contributed by atoms with Crippen molar-refractivity contribution in [3.8, 4) is 17.1 Å². The maximum absolute atomic E-state index is 13.6. The first-order valence-corrected chi connectivity index (χ1v) is 11.2. The Morgan fingerprint density at radius 3 is 2.29 bits per heavy atom. The highest BCUT2D eigenvalue weighted by molar-refractivity contribution is 5.90. The van der Waals surface area contributed by atoms with Crippen molar-refractivity contribution in [1.29, 1.82) is 0 Å². The predicted octanol–water partition coefficient (Wildman–Crippen LogP) is 6.45. The maximum atomic E-state index is 13.6. The van der Waals surface area contributed by atoms with E-state index < -0.39 is 11.7 Å². The zero-order chi connectivity index (χ0) is 23.7. The van der Waals surface area contributed by atoms with E-state index >= 15 is 0 Å². The third kappa shape index (κ3) is 4.35. The average molecular weight is 467 g/mol. The number of methoxy groups -OCH3 is 1. The summed E-state index contributed by atoms with van der Waals surface area (Å²) in [6.45, 7) is 4.30. The molecule has 7 heteroatoms. The highest BCUT2D eigenvalue weighted by Crippen LogP contribution is 2.41. The van der Waals surface area contributed by atoms with Gasteiger partial charge in [0.1, 0.15) is 5.76 Å². The monoisotopic (exact) mass is 466 g/mol. The molecule has 0 radical (unpaired) electrons. The van der Waals surface area contributed by atoms with Crippen LogP contribution in [0.15, 0.2) is 77.2 Å². The molecule has 0 saturated carbocycles. The first-order chi connectivity index (χ1) is 16.4. The lowest BCUT2D eigenvalue weighted by molar-refractivity contribution is -0.137. The summed E-state index contributed by atoms with van der Waals surface area (Å²) in [6, 6.07) is 21.3. The van der Waals surface area contributed by atoms with Crippen molar-refractivity contribution in [3.63, 3.8) is 0 Å². The molecular formula is C27H25F3N2O2. The van der Waals surface area contributed by atoms with Crippen LogP contribution in [0.3, 0.4) is 0 Å². The molecule has 1 aromatic heterocycles. The van der Waals surface area contributed by atoms with E-state index in [4.69, 9.17) is 9.15 Å². The fourth-order valence-electron chi connectivity index (χ4n) is 4.57. The molecule has 0 bridgehead atoms. The number of alkyl halides is 3. The van der Waals surface area contributed by atoms with Crippen LogP contribution in [0.25, 0.3) is 22.3 Å². The molecule has 176 valence electrons. The van der Waals surface area contributed by atoms with Crippen LogP contribution >= 0.6 is 0 Å². The van der Waals surface area contributed by atoms with Crippen molar-refractivity contribution >= 4 is 16.7 Å². The molecule has 4 aromatic rings. The molecular weight excluding hydrogens is 441 g/mol. The van der Waals surface area contributed by atoms with E-state index in [1.807, 2.05) is 30.3 Å². The van der Waals surface area contributed by atoms with E-state index in [2.05, 4.69) is 21.9 Å². The number of fused-ring (bicyclic) bond motifs is 1. The van der Waals surface area contributed by atoms with Crippen LogP contribution in [0.1, 0.15) is 11.1 Å². The number of para-hydroxylation sites is 1. The van der Waals surface area contributed by atoms with Gasteiger partial charge in [-0.3, -0.25) is 4.90 Å². The number of benzene rings is 3. The molecule has 0 amide bonds. The van der Waals surface area contributed by atoms with Gasteiger partial charge in [-0.15, -0.1) is 0 Å². The first-order valence-electron chi connectivity index (χ1n) is 11.2. The number of hydrogen-bond acceptors (Lipinski definition) is 4. The van der Waals surface area contributed by atoms with Gasteiger partial charge in [0.15, 0.2) is 11.3 Å². The highest BCUT2D eigenvalue weighted by atomic mass is 19.4. The topological polar surface area (TPSA) is 28.9 Å². The minimum absolute atomic E-state index is 0.0238. The zero-order valence-electron chi connectivity index (χ0n) is 18.8. The predicted molar refractivity (Wildman–Crippen MR) is 127 cm³/mol. The molecule has 1 aliphatic rings. The molecule has 0 atom stereocenters. The van der Waals surface area contributed by atoms with E-state index in [1.54, 1.807) is 12.1 Å². The molecule has 1 fully saturated rings. The van der Waals surface area contributed by atoms with Gasteiger partial charge in [0.05, 0.1) is 12.7 Å². The van der Waals surface area contributed by atoms with E-state index in [0.29, 0.717) is 17.9 Å². The van der Waals surface area contributed by atoms with E-state index in [1.165, 1.54) is 24.9 Å². The number of furan rings is 1. The van der Waals surface area contributed by atoms with Crippen molar-refractivity contribution in [1.82, 2.24) is 4.90 Å². The van der Waals surface area contributed by atoms with Gasteiger partial charge in [0.25, 0.3) is 0 Å². The Labute approximate surface area is 196 Å². The fraction of sp³-hybridized carbons (Fsp3) is 0.259. The van der Waals surface area contributed by atoms with Crippen LogP contribution in [-0.4, -0.2) is 38.2 Å². The van der Waals surface area contributed by atoms with Gasteiger partial charge in [-0.25, -0.2) is 0 Å². The van der Waals surface area contributed by atoms with Crippen molar-refractivity contribution in [2.24, 2.45) is 0 Å². The second-order valence-corrected chi connectivity index (χ2v) is 8.42. The Bertz CT molecular complexity index is 1280. The summed E-state index contributed by atoms with van der Waals surface area (Å²) < 4.78 is 52.2. The van der Waals surface area contributed by atoms with Crippen LogP contribution in [0.5, 0.6) is 5.75 Å². The second-order valence-electron chi connectivity index (χ2n) is 8.42. The molecule has 0 unspecified atom stereocenters. The summed E-state index contributed by atoms with van der Waals surface area (Å²) in [7, 11) is 1.53. The van der Waals surface area contributed by atoms with E-state index in [-0.39, 0.29) is 11.3 Å². The summed E-state index contributed by atoms with van der Waals surface area (Å²) in [5, 5.41) is 0.775. The van der Waals surface area contributed by atoms with E-state index in [0.717, 1.165) is 43.2 Å². The number of nitrogens with zero attached hydrogens (tertiary/aromatic N) is 2. The quantitative estimate of drug-likeness (QED) is 0.338. The minimum Gasteiger partial charge on any atom is -0.493 e. The van der Waals surface area contributed by atoms with Crippen molar-refractivity contribution in [2.45, 2.75) is 12.7 Å². The molecule has 0 aliphatic carbocycles. The largest absolute Gasteiger partial charge is 0.493 e. The van der Waals surface area contributed by atoms with Gasteiger partial charge in [0, 0.05) is 49.4 Å². The van der Waals surface area contributed by atoms with Gasteiger partial charge in [-0.1, -0.05) is 42.5 Å². The summed E-state index contributed by atoms with van der Waals surface area (Å²) in [6.07, 6.45) is -4.47. The average Bonchev–Trinajstić information content (AvgIpc) is 3.31. The van der Waals surface area contributed by atoms with Crippen LogP contribution in [0.4, 0.5) is 18.9 Å². The molecule has 4 nitrogen and oxygen atoms in total. The number of piperazine rings is 1. The molecule has 1 aliphatic heterocycles. The molecule has 5 rings (SSSR count). The maximum Gasteiger partial charge on any atom is 0.417 e. The summed E-state index contributed by atoms with van der Waals surface area (Å²) >= 11 is 0. The summed E-state index contributed by atoms with van der Waals surface area (Å²) in [5.41, 5.74) is 2.00. The Balaban J connectivity index is 1.43. The van der Waals surface area contributed by atoms with Gasteiger partial charge >= 0.3 is 6.18 Å².